The Kier molecular flexibility index (Phi) is 4.53. The molecule has 0 fully saturated rings. The summed E-state index contributed by atoms with van der Waals surface area (Å²) in [5, 5.41) is 23.0. The second-order valence-electron chi connectivity index (χ2n) is 6.44. The number of hydrogen-bond acceptors (Lipinski definition) is 5. The number of fused-ring (bicyclic) bond motifs is 1. The molecule has 3 aromatic carbocycles. The van der Waals surface area contributed by atoms with Crippen LogP contribution in [-0.4, -0.2) is 22.7 Å². The molecular formula is C22H20N2O4. The lowest BCUT2D eigenvalue weighted by atomic mass is 10.0. The molecule has 142 valence electrons. The Morgan fingerprint density at radius 2 is 1.75 bits per heavy atom. The van der Waals surface area contributed by atoms with Gasteiger partial charge in [0.15, 0.2) is 11.5 Å². The summed E-state index contributed by atoms with van der Waals surface area (Å²) >= 11 is 0. The van der Waals surface area contributed by atoms with E-state index in [1.165, 1.54) is 12.1 Å². The first-order chi connectivity index (χ1) is 13.6. The first-order valence-electron chi connectivity index (χ1n) is 9.02. The van der Waals surface area contributed by atoms with Gasteiger partial charge in [0.2, 0.25) is 0 Å². The van der Waals surface area contributed by atoms with E-state index in [0.29, 0.717) is 29.1 Å². The smallest absolute Gasteiger partial charge is 0.262 e. The number of carbonyl (C=O) groups excluding carboxylic acids is 1. The molecule has 0 saturated carbocycles. The molecule has 1 atom stereocenters. The molecule has 6 heteroatoms. The van der Waals surface area contributed by atoms with E-state index in [0.717, 1.165) is 5.75 Å². The Hall–Kier alpha value is -3.67. The molecule has 0 spiro atoms. The maximum Gasteiger partial charge on any atom is 0.262 e. The predicted molar refractivity (Wildman–Crippen MR) is 107 cm³/mol. The van der Waals surface area contributed by atoms with Crippen molar-refractivity contribution in [2.75, 3.05) is 16.8 Å². The number of anilines is 2. The van der Waals surface area contributed by atoms with E-state index in [-0.39, 0.29) is 17.4 Å². The van der Waals surface area contributed by atoms with Gasteiger partial charge in [0.25, 0.3) is 5.91 Å². The molecule has 6 nitrogen and oxygen atoms in total. The van der Waals surface area contributed by atoms with Gasteiger partial charge in [-0.2, -0.15) is 0 Å². The highest BCUT2D eigenvalue weighted by molar-refractivity contribution is 6.12. The zero-order chi connectivity index (χ0) is 19.7. The summed E-state index contributed by atoms with van der Waals surface area (Å²) in [5.41, 5.74) is 2.61. The van der Waals surface area contributed by atoms with Crippen molar-refractivity contribution in [2.24, 2.45) is 0 Å². The first-order valence-corrected chi connectivity index (χ1v) is 9.02. The van der Waals surface area contributed by atoms with Crippen LogP contribution in [-0.2, 0) is 0 Å². The van der Waals surface area contributed by atoms with Crippen molar-refractivity contribution in [3.8, 4) is 17.2 Å². The number of rotatable bonds is 4. The number of hydrogen-bond donors (Lipinski definition) is 3. The molecule has 0 radical (unpaired) electrons. The molecular weight excluding hydrogens is 356 g/mol. The van der Waals surface area contributed by atoms with Crippen molar-refractivity contribution >= 4 is 17.3 Å². The Balaban J connectivity index is 1.81. The van der Waals surface area contributed by atoms with Crippen molar-refractivity contribution < 1.29 is 19.7 Å². The van der Waals surface area contributed by atoms with Crippen LogP contribution < -0.4 is 15.0 Å². The number of aromatic hydroxyl groups is 2. The maximum atomic E-state index is 13.3. The molecule has 0 aromatic heterocycles. The Bertz CT molecular complexity index is 1020. The molecule has 1 aliphatic rings. The van der Waals surface area contributed by atoms with Gasteiger partial charge in [-0.1, -0.05) is 18.2 Å². The number of ether oxygens (including phenoxy) is 1. The number of benzene rings is 3. The van der Waals surface area contributed by atoms with Crippen LogP contribution in [0.15, 0.2) is 66.7 Å². The second kappa shape index (κ2) is 7.15. The van der Waals surface area contributed by atoms with Crippen molar-refractivity contribution in [1.29, 1.82) is 0 Å². The number of nitrogens with one attached hydrogen (secondary N) is 1. The number of phenolic OH excluding ortho intramolecular Hbond substituents is 2. The van der Waals surface area contributed by atoms with Gasteiger partial charge in [-0.3, -0.25) is 9.69 Å². The van der Waals surface area contributed by atoms with Crippen LogP contribution in [0.1, 0.15) is 29.0 Å². The Morgan fingerprint density at radius 3 is 2.46 bits per heavy atom. The molecule has 1 heterocycles. The quantitative estimate of drug-likeness (QED) is 0.593. The van der Waals surface area contributed by atoms with Crippen molar-refractivity contribution in [2.45, 2.75) is 13.1 Å². The third-order valence-electron chi connectivity index (χ3n) is 4.67. The van der Waals surface area contributed by atoms with Gasteiger partial charge < -0.3 is 20.3 Å². The minimum Gasteiger partial charge on any atom is -0.504 e. The van der Waals surface area contributed by atoms with Gasteiger partial charge in [-0.25, -0.2) is 0 Å². The lowest BCUT2D eigenvalue weighted by Crippen LogP contribution is -2.43. The maximum absolute atomic E-state index is 13.3. The molecule has 3 aromatic rings. The van der Waals surface area contributed by atoms with E-state index >= 15 is 0 Å². The van der Waals surface area contributed by atoms with E-state index < -0.39 is 6.17 Å². The van der Waals surface area contributed by atoms with Gasteiger partial charge in [0, 0.05) is 11.4 Å². The van der Waals surface area contributed by atoms with Crippen molar-refractivity contribution in [3.05, 3.63) is 77.9 Å². The lowest BCUT2D eigenvalue weighted by Gasteiger charge is -2.38. The molecule has 3 N–H and O–H groups in total. The van der Waals surface area contributed by atoms with E-state index in [4.69, 9.17) is 4.74 Å². The van der Waals surface area contributed by atoms with Gasteiger partial charge in [0.05, 0.1) is 12.2 Å². The average Bonchev–Trinajstić information content (AvgIpc) is 2.71. The number of nitrogens with zero attached hydrogens (tertiary/aromatic N) is 1. The summed E-state index contributed by atoms with van der Waals surface area (Å²) in [6.07, 6.45) is -0.549. The van der Waals surface area contributed by atoms with Crippen molar-refractivity contribution in [3.63, 3.8) is 0 Å². The molecule has 0 saturated heterocycles. The monoisotopic (exact) mass is 376 g/mol. The van der Waals surface area contributed by atoms with E-state index in [1.54, 1.807) is 17.0 Å². The largest absolute Gasteiger partial charge is 0.504 e. The second-order valence-corrected chi connectivity index (χ2v) is 6.44. The average molecular weight is 376 g/mol. The molecule has 1 aliphatic heterocycles. The molecule has 0 aliphatic carbocycles. The number of phenols is 2. The number of carbonyl (C=O) groups is 1. The topological polar surface area (TPSA) is 82.0 Å². The van der Waals surface area contributed by atoms with Crippen LogP contribution in [0.4, 0.5) is 11.4 Å². The van der Waals surface area contributed by atoms with E-state index in [9.17, 15) is 15.0 Å². The third kappa shape index (κ3) is 3.09. The normalized spacial score (nSPS) is 15.7. The van der Waals surface area contributed by atoms with E-state index in [2.05, 4.69) is 5.32 Å². The van der Waals surface area contributed by atoms with Crippen LogP contribution in [0.5, 0.6) is 17.2 Å². The fourth-order valence-electron chi connectivity index (χ4n) is 3.33. The molecule has 0 bridgehead atoms. The number of amides is 1. The van der Waals surface area contributed by atoms with Crippen LogP contribution in [0.2, 0.25) is 0 Å². The minimum absolute atomic E-state index is 0.156. The van der Waals surface area contributed by atoms with Crippen LogP contribution in [0.3, 0.4) is 0 Å². The van der Waals surface area contributed by atoms with Gasteiger partial charge in [-0.05, 0) is 61.0 Å². The highest BCUT2D eigenvalue weighted by Gasteiger charge is 2.34. The minimum atomic E-state index is -0.549. The summed E-state index contributed by atoms with van der Waals surface area (Å²) in [6.45, 7) is 2.47. The van der Waals surface area contributed by atoms with Crippen LogP contribution >= 0.6 is 0 Å². The zero-order valence-electron chi connectivity index (χ0n) is 15.3. The summed E-state index contributed by atoms with van der Waals surface area (Å²) in [6, 6.07) is 19.1. The molecule has 1 amide bonds. The molecule has 4 rings (SSSR count). The fraction of sp³-hybridized carbons (Fsp3) is 0.136. The highest BCUT2D eigenvalue weighted by atomic mass is 16.5. The molecule has 28 heavy (non-hydrogen) atoms. The zero-order valence-corrected chi connectivity index (χ0v) is 15.3. The van der Waals surface area contributed by atoms with Crippen LogP contribution in [0, 0.1) is 0 Å². The Morgan fingerprint density at radius 1 is 1.00 bits per heavy atom. The van der Waals surface area contributed by atoms with Gasteiger partial charge >= 0.3 is 0 Å². The van der Waals surface area contributed by atoms with Gasteiger partial charge in [0.1, 0.15) is 11.9 Å². The van der Waals surface area contributed by atoms with Crippen molar-refractivity contribution in [1.82, 2.24) is 0 Å². The number of para-hydroxylation sites is 1. The summed E-state index contributed by atoms with van der Waals surface area (Å²) in [5.74, 6) is 0.120. The standard InChI is InChI=1S/C22H20N2O4/c1-2-28-16-10-8-15(9-11-16)24-21(14-7-12-19(25)20(26)13-14)23-18-6-4-3-5-17(18)22(24)27/h3-13,21,23,25-26H,2H2,1H3/t21-/m1/s1. The highest BCUT2D eigenvalue weighted by Crippen LogP contribution is 2.39. The predicted octanol–water partition coefficient (Wildman–Crippen LogP) is 4.27. The summed E-state index contributed by atoms with van der Waals surface area (Å²) in [7, 11) is 0. The third-order valence-corrected chi connectivity index (χ3v) is 4.67. The summed E-state index contributed by atoms with van der Waals surface area (Å²) in [4.78, 5) is 14.9. The van der Waals surface area contributed by atoms with E-state index in [1.807, 2.05) is 49.4 Å². The SMILES string of the molecule is CCOc1ccc(N2C(=O)c3ccccc3N[C@H]2c2ccc(O)c(O)c2)cc1. The molecule has 0 unspecified atom stereocenters. The Labute approximate surface area is 162 Å². The van der Waals surface area contributed by atoms with Gasteiger partial charge in [-0.15, -0.1) is 0 Å². The lowest BCUT2D eigenvalue weighted by molar-refractivity contribution is 0.0975. The van der Waals surface area contributed by atoms with Crippen LogP contribution in [0.25, 0.3) is 0 Å². The first kappa shape index (κ1) is 17.7. The summed E-state index contributed by atoms with van der Waals surface area (Å²) < 4.78 is 5.49. The fourth-order valence-corrected chi connectivity index (χ4v) is 3.33.